The van der Waals surface area contributed by atoms with Gasteiger partial charge in [-0.05, 0) is 85.1 Å². The largest absolute Gasteiger partial charge is 0.469 e. The van der Waals surface area contributed by atoms with Gasteiger partial charge in [-0.15, -0.1) is 0 Å². The number of hydrogen-bond donors (Lipinski definition) is 9. The molecule has 0 aliphatic heterocycles. The van der Waals surface area contributed by atoms with E-state index in [-0.39, 0.29) is 56.4 Å². The number of carbonyl (C=O) groups is 6. The third-order valence-corrected chi connectivity index (χ3v) is 10.5. The number of phosphoric ester groups is 1. The Morgan fingerprint density at radius 3 is 2.06 bits per heavy atom. The first-order valence-electron chi connectivity index (χ1n) is 21.7. The maximum Gasteiger partial charge on any atom is 0.469 e. The molecule has 2 rings (SSSR count). The molecule has 0 fully saturated rings. The van der Waals surface area contributed by atoms with Crippen LogP contribution in [0.3, 0.4) is 0 Å². The molecule has 10 N–H and O–H groups in total. The van der Waals surface area contributed by atoms with Gasteiger partial charge in [0.1, 0.15) is 24.2 Å². The highest BCUT2D eigenvalue weighted by molar-refractivity contribution is 7.46. The van der Waals surface area contributed by atoms with Crippen LogP contribution in [0.5, 0.6) is 0 Å². The number of aliphatic hydroxyl groups excluding tert-OH is 1. The van der Waals surface area contributed by atoms with E-state index in [0.29, 0.717) is 25.1 Å². The number of aromatic amines is 1. The molecule has 1 aromatic heterocycles. The van der Waals surface area contributed by atoms with Gasteiger partial charge in [-0.1, -0.05) is 44.2 Å². The van der Waals surface area contributed by atoms with Crippen molar-refractivity contribution in [2.75, 3.05) is 32.9 Å². The number of aryl methyl sites for hydroxylation is 1. The normalized spacial score (nSPS) is 14.4. The van der Waals surface area contributed by atoms with Crippen molar-refractivity contribution in [2.45, 2.75) is 142 Å². The fourth-order valence-electron chi connectivity index (χ4n) is 6.45. The second-order valence-electron chi connectivity index (χ2n) is 17.9. The summed E-state index contributed by atoms with van der Waals surface area (Å²) in [5, 5.41) is 19.8. The zero-order valence-electron chi connectivity index (χ0n) is 38.8. The molecule has 0 aliphatic carbocycles. The molecule has 6 amide bonds. The van der Waals surface area contributed by atoms with Crippen molar-refractivity contribution in [1.29, 1.82) is 0 Å². The van der Waals surface area contributed by atoms with E-state index in [2.05, 4.69) is 35.8 Å². The summed E-state index contributed by atoms with van der Waals surface area (Å²) in [5.74, 6) is -5.18. The third-order valence-electron chi connectivity index (χ3n) is 9.88. The molecule has 65 heavy (non-hydrogen) atoms. The lowest BCUT2D eigenvalue weighted by atomic mass is 10.0. The van der Waals surface area contributed by atoms with Crippen molar-refractivity contribution in [3.05, 3.63) is 54.1 Å². The van der Waals surface area contributed by atoms with Crippen LogP contribution in [0.2, 0.25) is 0 Å². The molecule has 0 aliphatic rings. The number of carbonyl (C=O) groups excluding carboxylic acids is 6. The number of nitrogens with zero attached hydrogens (tertiary/aromatic N) is 2. The van der Waals surface area contributed by atoms with Crippen molar-refractivity contribution in [3.63, 3.8) is 0 Å². The van der Waals surface area contributed by atoms with E-state index in [0.717, 1.165) is 25.3 Å². The number of nitrogens with one attached hydrogen (secondary N) is 5. The topological polar surface area (TPSA) is 314 Å². The number of rotatable bonds is 30. The van der Waals surface area contributed by atoms with Crippen molar-refractivity contribution in [3.8, 4) is 0 Å². The van der Waals surface area contributed by atoms with E-state index in [1.165, 1.54) is 17.4 Å². The van der Waals surface area contributed by atoms with Gasteiger partial charge in [-0.3, -0.25) is 33.3 Å². The summed E-state index contributed by atoms with van der Waals surface area (Å²) in [5.41, 5.74) is 5.97. The molecule has 0 bridgehead atoms. The average Bonchev–Trinajstić information content (AvgIpc) is 3.71. The lowest BCUT2D eigenvalue weighted by Gasteiger charge is -2.29. The van der Waals surface area contributed by atoms with Gasteiger partial charge in [0.2, 0.25) is 35.4 Å². The predicted molar refractivity (Wildman–Crippen MR) is 239 cm³/mol. The first kappa shape index (κ1) is 56.4. The lowest BCUT2D eigenvalue weighted by molar-refractivity contribution is -0.139. The van der Waals surface area contributed by atoms with Gasteiger partial charge < -0.3 is 61.3 Å². The van der Waals surface area contributed by atoms with E-state index in [1.807, 2.05) is 78.8 Å². The van der Waals surface area contributed by atoms with E-state index in [1.54, 1.807) is 0 Å². The molecule has 2 aromatic rings. The fraction of sp³-hybridized carbons (Fsp3) is 0.651. The SMILES string of the molecule is CC(C)CC(NC(=O)CN(CCCCc1ccccc1)C(=O)CCOC(C)(C)CCOC(C)(C)C)C(=O)NC(Cc1cnc[nH]1)C(=O)NC(CO)C(=O)NC(C(N)=O)C(C)OP(=O)(O)O. The minimum absolute atomic E-state index is 0.00602. The molecule has 0 spiro atoms. The highest BCUT2D eigenvalue weighted by Crippen LogP contribution is 2.38. The predicted octanol–water partition coefficient (Wildman–Crippen LogP) is 1.15. The zero-order chi connectivity index (χ0) is 49.0. The van der Waals surface area contributed by atoms with Crippen LogP contribution in [0.15, 0.2) is 42.9 Å². The number of benzene rings is 1. The van der Waals surface area contributed by atoms with E-state index in [9.17, 15) is 38.4 Å². The summed E-state index contributed by atoms with van der Waals surface area (Å²) < 4.78 is 27.7. The Kier molecular flexibility index (Phi) is 23.4. The number of aliphatic hydroxyl groups is 1. The number of primary amides is 1. The van der Waals surface area contributed by atoms with Crippen LogP contribution < -0.4 is 27.0 Å². The van der Waals surface area contributed by atoms with E-state index < -0.39 is 79.8 Å². The highest BCUT2D eigenvalue weighted by Gasteiger charge is 2.35. The van der Waals surface area contributed by atoms with Crippen molar-refractivity contribution in [1.82, 2.24) is 36.1 Å². The van der Waals surface area contributed by atoms with E-state index >= 15 is 0 Å². The number of nitrogens with two attached hydrogens (primary N) is 1. The van der Waals surface area contributed by atoms with Crippen LogP contribution in [-0.2, 0) is 60.2 Å². The van der Waals surface area contributed by atoms with Crippen molar-refractivity contribution in [2.24, 2.45) is 11.7 Å². The molecule has 21 nitrogen and oxygen atoms in total. The van der Waals surface area contributed by atoms with Gasteiger partial charge in [0, 0.05) is 31.5 Å². The van der Waals surface area contributed by atoms with Crippen LogP contribution in [-0.4, -0.2) is 140 Å². The second kappa shape index (κ2) is 27.0. The smallest absolute Gasteiger partial charge is 0.394 e. The molecule has 0 radical (unpaired) electrons. The van der Waals surface area contributed by atoms with Crippen molar-refractivity contribution < 1.29 is 62.2 Å². The van der Waals surface area contributed by atoms with Gasteiger partial charge >= 0.3 is 7.82 Å². The number of phosphoric acid groups is 1. The molecule has 0 saturated carbocycles. The molecule has 1 aromatic carbocycles. The number of imidazole rings is 1. The van der Waals surface area contributed by atoms with E-state index in [4.69, 9.17) is 25.0 Å². The molecule has 22 heteroatoms. The zero-order valence-corrected chi connectivity index (χ0v) is 39.7. The summed E-state index contributed by atoms with van der Waals surface area (Å²) in [6.07, 6.45) is 3.79. The van der Waals surface area contributed by atoms with Crippen LogP contribution >= 0.6 is 7.82 Å². The summed E-state index contributed by atoms with van der Waals surface area (Å²) in [7, 11) is -5.12. The van der Waals surface area contributed by atoms with Crippen molar-refractivity contribution >= 4 is 43.3 Å². The number of unbranched alkanes of at least 4 members (excludes halogenated alkanes) is 1. The Bertz CT molecular complexity index is 1850. The molecular weight excluding hydrogens is 867 g/mol. The minimum Gasteiger partial charge on any atom is -0.394 e. The van der Waals surface area contributed by atoms with Gasteiger partial charge in [-0.2, -0.15) is 0 Å². The molecule has 5 unspecified atom stereocenters. The third kappa shape index (κ3) is 23.3. The van der Waals surface area contributed by atoms with Crippen LogP contribution in [0.25, 0.3) is 0 Å². The number of hydrogen-bond acceptors (Lipinski definition) is 12. The second-order valence-corrected chi connectivity index (χ2v) is 19.0. The number of aromatic nitrogens is 2. The maximum atomic E-state index is 14.0. The average molecular weight is 939 g/mol. The fourth-order valence-corrected chi connectivity index (χ4v) is 7.00. The lowest BCUT2D eigenvalue weighted by Crippen LogP contribution is -2.60. The van der Waals surface area contributed by atoms with Crippen LogP contribution in [0.4, 0.5) is 0 Å². The monoisotopic (exact) mass is 938 g/mol. The Hall–Kier alpha value is -4.76. The number of amides is 6. The van der Waals surface area contributed by atoms with Gasteiger partial charge in [-0.25, -0.2) is 9.55 Å². The van der Waals surface area contributed by atoms with Crippen LogP contribution in [0.1, 0.15) is 98.8 Å². The highest BCUT2D eigenvalue weighted by atomic mass is 31.2. The molecule has 1 heterocycles. The van der Waals surface area contributed by atoms with Gasteiger partial charge in [0.15, 0.2) is 0 Å². The summed E-state index contributed by atoms with van der Waals surface area (Å²) in [6, 6.07) is 3.75. The molecule has 0 saturated heterocycles. The minimum atomic E-state index is -5.12. The first-order valence-corrected chi connectivity index (χ1v) is 23.2. The quantitative estimate of drug-likeness (QED) is 0.0392. The Morgan fingerprint density at radius 2 is 1.49 bits per heavy atom. The van der Waals surface area contributed by atoms with Crippen LogP contribution in [0, 0.1) is 5.92 Å². The standard InChI is InChI=1S/C43H71N8O13P/c1-28(2)22-32(39(56)48-33(23-31-24-45-27-46-31)40(57)49-34(26-52)41(58)50-37(38(44)55)29(3)64-65(59,60)61)47-35(53)25-51(19-13-12-16-30-14-10-9-11-15-30)36(54)17-20-63-43(7,8)18-21-62-42(4,5)6/h9-11,14-15,24,27-29,32-34,37,52H,12-13,16-23,25-26H2,1-8H3,(H2,44,55)(H,45,46)(H,47,53)(H,48,56)(H,49,57)(H,50,58)(H2,59,60,61). The summed E-state index contributed by atoms with van der Waals surface area (Å²) >= 11 is 0. The molecular formula is C43H71N8O13P. The maximum absolute atomic E-state index is 14.0. The molecule has 5 atom stereocenters. The summed E-state index contributed by atoms with van der Waals surface area (Å²) in [4.78, 5) is 107. The molecule has 366 valence electrons. The Balaban J connectivity index is 2.24. The van der Waals surface area contributed by atoms with Gasteiger partial charge in [0.25, 0.3) is 0 Å². The Labute approximate surface area is 381 Å². The first-order chi connectivity index (χ1) is 30.3. The number of ether oxygens (including phenoxy) is 2. The summed E-state index contributed by atoms with van der Waals surface area (Å²) in [6.45, 7) is 13.9. The van der Waals surface area contributed by atoms with Gasteiger partial charge in [0.05, 0.1) is 49.8 Å². The number of H-pyrrole nitrogens is 1. The Morgan fingerprint density at radius 1 is 0.862 bits per heavy atom.